The van der Waals surface area contributed by atoms with Gasteiger partial charge >= 0.3 is 0 Å². The van der Waals surface area contributed by atoms with Crippen LogP contribution in [0.3, 0.4) is 0 Å². The van der Waals surface area contributed by atoms with Crippen molar-refractivity contribution in [1.29, 1.82) is 0 Å². The molecule has 5 nitrogen and oxygen atoms in total. The van der Waals surface area contributed by atoms with Gasteiger partial charge in [0.25, 0.3) is 0 Å². The third kappa shape index (κ3) is 4.30. The molecule has 2 aliphatic rings. The lowest BCUT2D eigenvalue weighted by molar-refractivity contribution is 0.0674. The summed E-state index contributed by atoms with van der Waals surface area (Å²) in [4.78, 5) is 6.88. The number of ether oxygens (including phenoxy) is 3. The van der Waals surface area contributed by atoms with Gasteiger partial charge in [0, 0.05) is 32.4 Å². The summed E-state index contributed by atoms with van der Waals surface area (Å²) in [5, 5.41) is 0. The number of benzene rings is 1. The van der Waals surface area contributed by atoms with E-state index in [0.717, 1.165) is 56.3 Å². The Balaban J connectivity index is 1.48. The zero-order valence-electron chi connectivity index (χ0n) is 14.4. The quantitative estimate of drug-likeness (QED) is 0.809. The molecule has 0 aliphatic carbocycles. The molecule has 0 N–H and O–H groups in total. The SMILES string of the molecule is c1ccc(CN(Cc2ccc3c(c2)OCCO3)CC2CCCO2)nc1. The largest absolute Gasteiger partial charge is 0.486 e. The Bertz CT molecular complexity index is 687. The third-order valence-electron chi connectivity index (χ3n) is 4.61. The Kier molecular flexibility index (Phi) is 5.14. The number of rotatable bonds is 6. The molecule has 1 atom stereocenters. The van der Waals surface area contributed by atoms with E-state index in [1.807, 2.05) is 24.4 Å². The summed E-state index contributed by atoms with van der Waals surface area (Å²) < 4.78 is 17.2. The van der Waals surface area contributed by atoms with Crippen LogP contribution in [-0.4, -0.2) is 42.4 Å². The van der Waals surface area contributed by atoms with Crippen LogP contribution >= 0.6 is 0 Å². The second-order valence-electron chi connectivity index (χ2n) is 6.60. The Morgan fingerprint density at radius 1 is 1.00 bits per heavy atom. The van der Waals surface area contributed by atoms with Crippen LogP contribution in [-0.2, 0) is 17.8 Å². The summed E-state index contributed by atoms with van der Waals surface area (Å²) in [7, 11) is 0. The van der Waals surface area contributed by atoms with Crippen molar-refractivity contribution < 1.29 is 14.2 Å². The van der Waals surface area contributed by atoms with E-state index in [1.54, 1.807) is 0 Å². The minimum atomic E-state index is 0.320. The maximum atomic E-state index is 5.84. The van der Waals surface area contributed by atoms with Crippen molar-refractivity contribution >= 4 is 0 Å². The smallest absolute Gasteiger partial charge is 0.161 e. The Morgan fingerprint density at radius 3 is 2.72 bits per heavy atom. The molecule has 2 aliphatic heterocycles. The molecular weight excluding hydrogens is 316 g/mol. The second kappa shape index (κ2) is 7.85. The normalized spacial score (nSPS) is 19.3. The summed E-state index contributed by atoms with van der Waals surface area (Å²) >= 11 is 0. The third-order valence-corrected chi connectivity index (χ3v) is 4.61. The predicted octanol–water partition coefficient (Wildman–Crippen LogP) is 3.03. The summed E-state index contributed by atoms with van der Waals surface area (Å²) in [6, 6.07) is 12.3. The van der Waals surface area contributed by atoms with E-state index in [4.69, 9.17) is 14.2 Å². The molecule has 4 rings (SSSR count). The van der Waals surface area contributed by atoms with Gasteiger partial charge in [-0.3, -0.25) is 9.88 Å². The minimum Gasteiger partial charge on any atom is -0.486 e. The molecule has 0 spiro atoms. The van der Waals surface area contributed by atoms with Gasteiger partial charge in [-0.1, -0.05) is 12.1 Å². The molecule has 2 aromatic rings. The predicted molar refractivity (Wildman–Crippen MR) is 94.8 cm³/mol. The standard InChI is InChI=1S/C20H24N2O3/c1-2-8-21-17(4-1)14-22(15-18-5-3-9-23-18)13-16-6-7-19-20(12-16)25-11-10-24-19/h1-2,4,6-8,12,18H,3,5,9-11,13-15H2. The maximum Gasteiger partial charge on any atom is 0.161 e. The van der Waals surface area contributed by atoms with Gasteiger partial charge in [0.15, 0.2) is 11.5 Å². The fourth-order valence-corrected chi connectivity index (χ4v) is 3.43. The summed E-state index contributed by atoms with van der Waals surface area (Å²) in [6.07, 6.45) is 4.47. The molecule has 25 heavy (non-hydrogen) atoms. The molecule has 1 unspecified atom stereocenters. The van der Waals surface area contributed by atoms with Crippen LogP contribution in [0.15, 0.2) is 42.6 Å². The van der Waals surface area contributed by atoms with Gasteiger partial charge in [0.2, 0.25) is 0 Å². The van der Waals surface area contributed by atoms with Gasteiger partial charge in [0.05, 0.1) is 11.8 Å². The van der Waals surface area contributed by atoms with Gasteiger partial charge in [-0.25, -0.2) is 0 Å². The number of aromatic nitrogens is 1. The minimum absolute atomic E-state index is 0.320. The average molecular weight is 340 g/mol. The van der Waals surface area contributed by atoms with E-state index in [9.17, 15) is 0 Å². The van der Waals surface area contributed by atoms with Crippen molar-refractivity contribution in [3.8, 4) is 11.5 Å². The van der Waals surface area contributed by atoms with E-state index >= 15 is 0 Å². The summed E-state index contributed by atoms with van der Waals surface area (Å²) in [5.41, 5.74) is 2.30. The van der Waals surface area contributed by atoms with Gasteiger partial charge in [-0.15, -0.1) is 0 Å². The number of nitrogens with zero attached hydrogens (tertiary/aromatic N) is 2. The Morgan fingerprint density at radius 2 is 1.92 bits per heavy atom. The van der Waals surface area contributed by atoms with E-state index < -0.39 is 0 Å². The van der Waals surface area contributed by atoms with Crippen LogP contribution in [0.25, 0.3) is 0 Å². The number of pyridine rings is 1. The number of fused-ring (bicyclic) bond motifs is 1. The molecular formula is C20H24N2O3. The van der Waals surface area contributed by atoms with Crippen LogP contribution in [0.2, 0.25) is 0 Å². The van der Waals surface area contributed by atoms with Crippen LogP contribution in [0.4, 0.5) is 0 Å². The van der Waals surface area contributed by atoms with Crippen LogP contribution in [0.5, 0.6) is 11.5 Å². The molecule has 1 fully saturated rings. The van der Waals surface area contributed by atoms with Crippen molar-refractivity contribution in [2.45, 2.75) is 32.0 Å². The first-order valence-electron chi connectivity index (χ1n) is 8.99. The highest BCUT2D eigenvalue weighted by Gasteiger charge is 2.20. The molecule has 1 aromatic carbocycles. The molecule has 132 valence electrons. The van der Waals surface area contributed by atoms with Gasteiger partial charge in [-0.05, 0) is 42.7 Å². The van der Waals surface area contributed by atoms with Crippen molar-refractivity contribution in [2.75, 3.05) is 26.4 Å². The fourth-order valence-electron chi connectivity index (χ4n) is 3.43. The van der Waals surface area contributed by atoms with Crippen LogP contribution < -0.4 is 9.47 Å². The summed E-state index contributed by atoms with van der Waals surface area (Å²) in [5.74, 6) is 1.68. The first-order chi connectivity index (χ1) is 12.4. The van der Waals surface area contributed by atoms with Gasteiger partial charge < -0.3 is 14.2 Å². The zero-order valence-corrected chi connectivity index (χ0v) is 14.4. The molecule has 1 saturated heterocycles. The van der Waals surface area contributed by atoms with E-state index in [1.165, 1.54) is 5.56 Å². The lowest BCUT2D eigenvalue weighted by Gasteiger charge is -2.26. The number of hydrogen-bond donors (Lipinski definition) is 0. The van der Waals surface area contributed by atoms with Crippen molar-refractivity contribution in [3.05, 3.63) is 53.9 Å². The van der Waals surface area contributed by atoms with E-state index in [2.05, 4.69) is 28.1 Å². The zero-order chi connectivity index (χ0) is 16.9. The second-order valence-corrected chi connectivity index (χ2v) is 6.60. The molecule has 0 radical (unpaired) electrons. The molecule has 0 amide bonds. The van der Waals surface area contributed by atoms with Crippen LogP contribution in [0, 0.1) is 0 Å². The lowest BCUT2D eigenvalue weighted by Crippen LogP contribution is -2.31. The Labute approximate surface area is 148 Å². The lowest BCUT2D eigenvalue weighted by atomic mass is 10.1. The molecule has 0 bridgehead atoms. The van der Waals surface area contributed by atoms with Crippen molar-refractivity contribution in [2.24, 2.45) is 0 Å². The summed E-state index contributed by atoms with van der Waals surface area (Å²) in [6.45, 7) is 4.69. The molecule has 1 aromatic heterocycles. The fraction of sp³-hybridized carbons (Fsp3) is 0.450. The van der Waals surface area contributed by atoms with E-state index in [0.29, 0.717) is 19.3 Å². The average Bonchev–Trinajstić information content (AvgIpc) is 3.15. The number of hydrogen-bond acceptors (Lipinski definition) is 5. The van der Waals surface area contributed by atoms with Gasteiger partial charge in [0.1, 0.15) is 13.2 Å². The Hall–Kier alpha value is -2.11. The highest BCUT2D eigenvalue weighted by Crippen LogP contribution is 2.31. The van der Waals surface area contributed by atoms with E-state index in [-0.39, 0.29) is 0 Å². The van der Waals surface area contributed by atoms with Crippen molar-refractivity contribution in [3.63, 3.8) is 0 Å². The molecule has 0 saturated carbocycles. The monoisotopic (exact) mass is 340 g/mol. The van der Waals surface area contributed by atoms with Crippen molar-refractivity contribution in [1.82, 2.24) is 9.88 Å². The molecule has 3 heterocycles. The van der Waals surface area contributed by atoms with Gasteiger partial charge in [-0.2, -0.15) is 0 Å². The highest BCUT2D eigenvalue weighted by atomic mass is 16.6. The highest BCUT2D eigenvalue weighted by molar-refractivity contribution is 5.43. The molecule has 5 heteroatoms. The first kappa shape index (κ1) is 16.4. The topological polar surface area (TPSA) is 43.8 Å². The first-order valence-corrected chi connectivity index (χ1v) is 8.99. The van der Waals surface area contributed by atoms with Crippen LogP contribution in [0.1, 0.15) is 24.1 Å². The maximum absolute atomic E-state index is 5.84.